The highest BCUT2D eigenvalue weighted by Crippen LogP contribution is 2.24. The van der Waals surface area contributed by atoms with E-state index in [2.05, 4.69) is 11.9 Å². The van der Waals surface area contributed by atoms with Gasteiger partial charge in [0.15, 0.2) is 5.82 Å². The maximum Gasteiger partial charge on any atom is 0.269 e. The van der Waals surface area contributed by atoms with Crippen molar-refractivity contribution in [2.75, 3.05) is 0 Å². The molecule has 0 atom stereocenters. The number of hydrogen-bond donors (Lipinski definition) is 0. The lowest BCUT2D eigenvalue weighted by Gasteiger charge is -2.08. The van der Waals surface area contributed by atoms with Crippen LogP contribution in [0.5, 0.6) is 0 Å². The third-order valence-electron chi connectivity index (χ3n) is 3.79. The maximum atomic E-state index is 10.8. The van der Waals surface area contributed by atoms with Crippen LogP contribution in [0.1, 0.15) is 25.5 Å². The molecule has 1 aromatic heterocycles. The number of benzene rings is 2. The van der Waals surface area contributed by atoms with Gasteiger partial charge < -0.3 is 0 Å². The van der Waals surface area contributed by atoms with E-state index in [0.717, 1.165) is 41.4 Å². The Morgan fingerprint density at radius 1 is 1.04 bits per heavy atom. The number of rotatable bonds is 5. The summed E-state index contributed by atoms with van der Waals surface area (Å²) >= 11 is 0. The van der Waals surface area contributed by atoms with Crippen LogP contribution in [0, 0.1) is 10.1 Å². The number of fused-ring (bicyclic) bond motifs is 1. The van der Waals surface area contributed by atoms with E-state index in [0.29, 0.717) is 5.82 Å². The Hall–Kier alpha value is -2.82. The summed E-state index contributed by atoms with van der Waals surface area (Å²) in [4.78, 5) is 19.7. The molecule has 3 aromatic rings. The molecule has 0 saturated carbocycles. The SMILES string of the molecule is CCCCc1nc(-c2ccc([N+](=O)[O-])cc2)nc2ccccc12. The van der Waals surface area contributed by atoms with Gasteiger partial charge in [-0.15, -0.1) is 0 Å². The van der Waals surface area contributed by atoms with E-state index in [-0.39, 0.29) is 5.69 Å². The summed E-state index contributed by atoms with van der Waals surface area (Å²) in [6, 6.07) is 14.3. The molecule has 2 aromatic carbocycles. The first-order valence-electron chi connectivity index (χ1n) is 7.69. The number of nitrogens with zero attached hydrogens (tertiary/aromatic N) is 3. The van der Waals surface area contributed by atoms with Gasteiger partial charge in [0, 0.05) is 23.1 Å². The molecule has 0 radical (unpaired) electrons. The predicted molar refractivity (Wildman–Crippen MR) is 90.2 cm³/mol. The van der Waals surface area contributed by atoms with Gasteiger partial charge >= 0.3 is 0 Å². The van der Waals surface area contributed by atoms with Crippen LogP contribution in [0.4, 0.5) is 5.69 Å². The Balaban J connectivity index is 2.08. The van der Waals surface area contributed by atoms with Crippen LogP contribution < -0.4 is 0 Å². The van der Waals surface area contributed by atoms with Crippen molar-refractivity contribution < 1.29 is 4.92 Å². The number of aryl methyl sites for hydroxylation is 1. The van der Waals surface area contributed by atoms with Gasteiger partial charge in [0.25, 0.3) is 5.69 Å². The van der Waals surface area contributed by atoms with Gasteiger partial charge in [0.2, 0.25) is 0 Å². The van der Waals surface area contributed by atoms with Crippen molar-refractivity contribution in [3.8, 4) is 11.4 Å². The summed E-state index contributed by atoms with van der Waals surface area (Å²) in [5.41, 5.74) is 2.80. The van der Waals surface area contributed by atoms with Gasteiger partial charge in [-0.2, -0.15) is 0 Å². The molecule has 3 rings (SSSR count). The number of para-hydroxylation sites is 1. The summed E-state index contributed by atoms with van der Waals surface area (Å²) in [6.45, 7) is 2.15. The molecule has 5 nitrogen and oxygen atoms in total. The zero-order valence-corrected chi connectivity index (χ0v) is 12.9. The van der Waals surface area contributed by atoms with Crippen LogP contribution in [0.2, 0.25) is 0 Å². The standard InChI is InChI=1S/C18H17N3O2/c1-2-3-7-16-15-6-4-5-8-17(15)20-18(19-16)13-9-11-14(12-10-13)21(22)23/h4-6,8-12H,2-3,7H2,1H3. The second kappa shape index (κ2) is 6.52. The molecule has 0 bridgehead atoms. The molecular formula is C18H17N3O2. The van der Waals surface area contributed by atoms with Crippen LogP contribution in [0.3, 0.4) is 0 Å². The van der Waals surface area contributed by atoms with E-state index in [1.165, 1.54) is 12.1 Å². The van der Waals surface area contributed by atoms with E-state index in [4.69, 9.17) is 4.98 Å². The number of nitro benzene ring substituents is 1. The molecule has 0 N–H and O–H groups in total. The molecule has 0 saturated heterocycles. The van der Waals surface area contributed by atoms with Crippen molar-refractivity contribution in [3.05, 3.63) is 64.3 Å². The zero-order chi connectivity index (χ0) is 16.2. The molecule has 5 heteroatoms. The summed E-state index contributed by atoms with van der Waals surface area (Å²) in [5, 5.41) is 11.8. The molecule has 0 fully saturated rings. The Labute approximate surface area is 134 Å². The highest BCUT2D eigenvalue weighted by molar-refractivity contribution is 5.82. The maximum absolute atomic E-state index is 10.8. The molecule has 0 unspecified atom stereocenters. The van der Waals surface area contributed by atoms with Crippen molar-refractivity contribution in [2.45, 2.75) is 26.2 Å². The van der Waals surface area contributed by atoms with Crippen LogP contribution in [0.25, 0.3) is 22.3 Å². The first kappa shape index (κ1) is 15.1. The second-order valence-corrected chi connectivity index (χ2v) is 5.42. The Kier molecular flexibility index (Phi) is 4.28. The minimum atomic E-state index is -0.405. The molecule has 0 aliphatic rings. The number of unbranched alkanes of at least 4 members (excludes halogenated alkanes) is 1. The lowest BCUT2D eigenvalue weighted by Crippen LogP contribution is -1.98. The molecule has 0 amide bonds. The minimum absolute atomic E-state index is 0.0701. The summed E-state index contributed by atoms with van der Waals surface area (Å²) in [7, 11) is 0. The lowest BCUT2D eigenvalue weighted by atomic mass is 10.1. The van der Waals surface area contributed by atoms with Gasteiger partial charge in [-0.1, -0.05) is 31.5 Å². The fourth-order valence-corrected chi connectivity index (χ4v) is 2.54. The second-order valence-electron chi connectivity index (χ2n) is 5.42. The van der Waals surface area contributed by atoms with Crippen molar-refractivity contribution in [1.82, 2.24) is 9.97 Å². The van der Waals surface area contributed by atoms with Crippen molar-refractivity contribution in [1.29, 1.82) is 0 Å². The van der Waals surface area contributed by atoms with Gasteiger partial charge in [0.05, 0.1) is 16.1 Å². The summed E-state index contributed by atoms with van der Waals surface area (Å²) < 4.78 is 0. The van der Waals surface area contributed by atoms with Crippen LogP contribution in [0.15, 0.2) is 48.5 Å². The molecule has 0 spiro atoms. The van der Waals surface area contributed by atoms with Crippen LogP contribution in [-0.2, 0) is 6.42 Å². The smallest absolute Gasteiger partial charge is 0.258 e. The van der Waals surface area contributed by atoms with Crippen molar-refractivity contribution in [2.24, 2.45) is 0 Å². The van der Waals surface area contributed by atoms with E-state index in [1.54, 1.807) is 12.1 Å². The number of non-ortho nitro benzene ring substituents is 1. The van der Waals surface area contributed by atoms with E-state index in [9.17, 15) is 10.1 Å². The van der Waals surface area contributed by atoms with Crippen LogP contribution in [-0.4, -0.2) is 14.9 Å². The molecule has 0 aliphatic carbocycles. The molecule has 1 heterocycles. The summed E-state index contributed by atoms with van der Waals surface area (Å²) in [5.74, 6) is 0.615. The number of hydrogen-bond acceptors (Lipinski definition) is 4. The highest BCUT2D eigenvalue weighted by atomic mass is 16.6. The Bertz CT molecular complexity index is 845. The molecule has 23 heavy (non-hydrogen) atoms. The van der Waals surface area contributed by atoms with E-state index < -0.39 is 4.92 Å². The summed E-state index contributed by atoms with van der Waals surface area (Å²) in [6.07, 6.45) is 3.07. The normalized spacial score (nSPS) is 10.8. The third kappa shape index (κ3) is 3.18. The van der Waals surface area contributed by atoms with Crippen molar-refractivity contribution in [3.63, 3.8) is 0 Å². The van der Waals surface area contributed by atoms with Crippen molar-refractivity contribution >= 4 is 16.6 Å². The average Bonchev–Trinajstić information content (AvgIpc) is 2.59. The van der Waals surface area contributed by atoms with Gasteiger partial charge in [-0.3, -0.25) is 10.1 Å². The topological polar surface area (TPSA) is 68.9 Å². The van der Waals surface area contributed by atoms with Gasteiger partial charge in [0.1, 0.15) is 0 Å². The first-order valence-corrected chi connectivity index (χ1v) is 7.69. The number of aromatic nitrogens is 2. The predicted octanol–water partition coefficient (Wildman–Crippen LogP) is 4.55. The van der Waals surface area contributed by atoms with E-state index >= 15 is 0 Å². The Morgan fingerprint density at radius 2 is 1.78 bits per heavy atom. The van der Waals surface area contributed by atoms with Gasteiger partial charge in [-0.25, -0.2) is 9.97 Å². The van der Waals surface area contributed by atoms with E-state index in [1.807, 2.05) is 24.3 Å². The first-order chi connectivity index (χ1) is 11.2. The lowest BCUT2D eigenvalue weighted by molar-refractivity contribution is -0.384. The minimum Gasteiger partial charge on any atom is -0.258 e. The Morgan fingerprint density at radius 3 is 2.48 bits per heavy atom. The quantitative estimate of drug-likeness (QED) is 0.512. The third-order valence-corrected chi connectivity index (χ3v) is 3.79. The van der Waals surface area contributed by atoms with Crippen LogP contribution >= 0.6 is 0 Å². The molecule has 116 valence electrons. The number of nitro groups is 1. The van der Waals surface area contributed by atoms with Gasteiger partial charge in [-0.05, 0) is 31.0 Å². The fraction of sp³-hybridized carbons (Fsp3) is 0.222. The molecule has 0 aliphatic heterocycles. The zero-order valence-electron chi connectivity index (χ0n) is 12.9. The average molecular weight is 307 g/mol. The monoisotopic (exact) mass is 307 g/mol. The highest BCUT2D eigenvalue weighted by Gasteiger charge is 2.11. The fourth-order valence-electron chi connectivity index (χ4n) is 2.54. The molecular weight excluding hydrogens is 290 g/mol. The largest absolute Gasteiger partial charge is 0.269 e.